The molecule has 0 amide bonds. The number of hydrogen-bond donors (Lipinski definition) is 0. The second-order valence-electron chi connectivity index (χ2n) is 3.70. The third-order valence-electron chi connectivity index (χ3n) is 2.81. The molecule has 4 nitrogen and oxygen atoms in total. The lowest BCUT2D eigenvalue weighted by atomic mass is 9.93. The van der Waals surface area contributed by atoms with E-state index in [0.717, 1.165) is 10.3 Å². The van der Waals surface area contributed by atoms with Crippen LogP contribution in [-0.4, -0.2) is 30.3 Å². The lowest BCUT2D eigenvalue weighted by molar-refractivity contribution is -0.202. The van der Waals surface area contributed by atoms with Crippen molar-refractivity contribution in [1.29, 1.82) is 0 Å². The molecular weight excluding hydrogens is 248 g/mol. The van der Waals surface area contributed by atoms with Crippen LogP contribution in [0.15, 0.2) is 12.3 Å². The van der Waals surface area contributed by atoms with Gasteiger partial charge in [0.25, 0.3) is 0 Å². The zero-order valence-corrected chi connectivity index (χ0v) is 10.1. The Morgan fingerprint density at radius 2 is 2.38 bits per heavy atom. The Bertz CT molecular complexity index is 533. The minimum absolute atomic E-state index is 0.336. The molecule has 0 atom stereocenters. The van der Waals surface area contributed by atoms with E-state index in [-0.39, 0.29) is 5.60 Å². The van der Waals surface area contributed by atoms with E-state index in [4.69, 9.17) is 21.1 Å². The maximum atomic E-state index is 5.84. The fraction of sp³-hybridized carbons (Fsp3) is 0.400. The first-order valence-corrected chi connectivity index (χ1v) is 5.98. The predicted octanol–water partition coefficient (Wildman–Crippen LogP) is 2.22. The number of ether oxygens (including phenoxy) is 2. The number of halogens is 1. The first-order valence-electron chi connectivity index (χ1n) is 4.79. The number of nitrogens with zero attached hydrogens (tertiary/aromatic N) is 2. The van der Waals surface area contributed by atoms with Crippen molar-refractivity contribution in [3.8, 4) is 0 Å². The van der Waals surface area contributed by atoms with Crippen LogP contribution >= 0.6 is 22.9 Å². The molecule has 1 saturated heterocycles. The lowest BCUT2D eigenvalue weighted by Gasteiger charge is -2.40. The van der Waals surface area contributed by atoms with E-state index in [0.29, 0.717) is 23.3 Å². The Labute approximate surface area is 101 Å². The van der Waals surface area contributed by atoms with E-state index in [9.17, 15) is 0 Å². The van der Waals surface area contributed by atoms with Crippen LogP contribution in [0.5, 0.6) is 0 Å². The summed E-state index contributed by atoms with van der Waals surface area (Å²) in [6.45, 7) is 1.15. The number of methoxy groups -OCH3 is 1. The van der Waals surface area contributed by atoms with Crippen LogP contribution in [0.3, 0.4) is 0 Å². The van der Waals surface area contributed by atoms with Gasteiger partial charge in [-0.2, -0.15) is 0 Å². The molecule has 0 radical (unpaired) electrons. The van der Waals surface area contributed by atoms with E-state index in [1.54, 1.807) is 13.3 Å². The molecule has 0 bridgehead atoms. The monoisotopic (exact) mass is 256 g/mol. The summed E-state index contributed by atoms with van der Waals surface area (Å²) < 4.78 is 12.2. The summed E-state index contributed by atoms with van der Waals surface area (Å²) in [4.78, 5) is 8.38. The average molecular weight is 257 g/mol. The largest absolute Gasteiger partial charge is 0.375 e. The van der Waals surface area contributed by atoms with Gasteiger partial charge in [0.2, 0.25) is 0 Å². The van der Waals surface area contributed by atoms with Crippen molar-refractivity contribution < 1.29 is 9.47 Å². The van der Waals surface area contributed by atoms with Crippen LogP contribution in [0.25, 0.3) is 10.3 Å². The summed E-state index contributed by atoms with van der Waals surface area (Å²) in [6, 6.07) is 2.03. The zero-order valence-electron chi connectivity index (χ0n) is 8.57. The van der Waals surface area contributed by atoms with E-state index < -0.39 is 0 Å². The molecule has 0 unspecified atom stereocenters. The highest BCUT2D eigenvalue weighted by atomic mass is 35.5. The minimum atomic E-state index is -0.336. The molecule has 1 aliphatic rings. The summed E-state index contributed by atoms with van der Waals surface area (Å²) in [5.41, 5.74) is 1.37. The summed E-state index contributed by atoms with van der Waals surface area (Å²) in [7, 11) is 1.69. The van der Waals surface area contributed by atoms with Gasteiger partial charge in [-0.3, -0.25) is 0 Å². The molecule has 0 N–H and O–H groups in total. The summed E-state index contributed by atoms with van der Waals surface area (Å²) in [6.07, 6.45) is 1.78. The van der Waals surface area contributed by atoms with Crippen molar-refractivity contribution in [2.24, 2.45) is 0 Å². The molecular formula is C10H9ClN2O2S. The molecule has 0 aromatic carbocycles. The zero-order chi connectivity index (χ0) is 11.2. The molecule has 0 aliphatic carbocycles. The first-order chi connectivity index (χ1) is 7.73. The molecule has 0 spiro atoms. The molecule has 3 heterocycles. The van der Waals surface area contributed by atoms with E-state index >= 15 is 0 Å². The molecule has 2 aromatic heterocycles. The molecule has 16 heavy (non-hydrogen) atoms. The Morgan fingerprint density at radius 1 is 1.56 bits per heavy atom. The highest BCUT2D eigenvalue weighted by Crippen LogP contribution is 2.35. The second-order valence-corrected chi connectivity index (χ2v) is 5.32. The Morgan fingerprint density at radius 3 is 3.00 bits per heavy atom. The smallest absolute Gasteiger partial charge is 0.186 e. The number of hydrogen-bond acceptors (Lipinski definition) is 5. The molecule has 3 rings (SSSR count). The molecule has 2 aromatic rings. The number of fused-ring (bicyclic) bond motifs is 1. The van der Waals surface area contributed by atoms with Crippen molar-refractivity contribution in [2.75, 3.05) is 20.3 Å². The standard InChI is InChI=1S/C10H9ClN2O2S/c1-14-10(4-15-5-10)6-2-7-8(12-3-6)13-9(11)16-7/h2-3H,4-5H2,1H3. The van der Waals surface area contributed by atoms with Gasteiger partial charge in [-0.25, -0.2) is 9.97 Å². The van der Waals surface area contributed by atoms with Gasteiger partial charge in [-0.15, -0.1) is 11.3 Å². The van der Waals surface area contributed by atoms with Crippen LogP contribution in [-0.2, 0) is 15.1 Å². The van der Waals surface area contributed by atoms with Gasteiger partial charge in [0.15, 0.2) is 10.1 Å². The van der Waals surface area contributed by atoms with Gasteiger partial charge >= 0.3 is 0 Å². The third-order valence-corrected chi connectivity index (χ3v) is 3.90. The topological polar surface area (TPSA) is 44.2 Å². The average Bonchev–Trinajstić information content (AvgIpc) is 2.56. The van der Waals surface area contributed by atoms with Gasteiger partial charge in [-0.1, -0.05) is 11.6 Å². The van der Waals surface area contributed by atoms with E-state index in [1.807, 2.05) is 6.07 Å². The summed E-state index contributed by atoms with van der Waals surface area (Å²) >= 11 is 7.27. The van der Waals surface area contributed by atoms with Gasteiger partial charge in [0.1, 0.15) is 5.60 Å². The molecule has 84 valence electrons. The Balaban J connectivity index is 2.10. The van der Waals surface area contributed by atoms with Crippen LogP contribution in [0.1, 0.15) is 5.56 Å². The van der Waals surface area contributed by atoms with Crippen LogP contribution < -0.4 is 0 Å². The maximum Gasteiger partial charge on any atom is 0.186 e. The SMILES string of the molecule is COC1(c2cnc3nc(Cl)sc3c2)COC1. The van der Waals surface area contributed by atoms with Crippen LogP contribution in [0.2, 0.25) is 4.47 Å². The fourth-order valence-corrected chi connectivity index (χ4v) is 2.75. The highest BCUT2D eigenvalue weighted by Gasteiger charge is 2.41. The quantitative estimate of drug-likeness (QED) is 0.827. The van der Waals surface area contributed by atoms with Crippen molar-refractivity contribution in [3.05, 3.63) is 22.3 Å². The Hall–Kier alpha value is -0.750. The number of pyridine rings is 1. The fourth-order valence-electron chi connectivity index (χ4n) is 1.73. The maximum absolute atomic E-state index is 5.84. The highest BCUT2D eigenvalue weighted by molar-refractivity contribution is 7.22. The van der Waals surface area contributed by atoms with Crippen molar-refractivity contribution in [2.45, 2.75) is 5.60 Å². The van der Waals surface area contributed by atoms with Crippen molar-refractivity contribution in [1.82, 2.24) is 9.97 Å². The molecule has 1 aliphatic heterocycles. The van der Waals surface area contributed by atoms with E-state index in [2.05, 4.69) is 9.97 Å². The molecule has 1 fully saturated rings. The number of aromatic nitrogens is 2. The second kappa shape index (κ2) is 3.63. The van der Waals surface area contributed by atoms with Gasteiger partial charge in [-0.05, 0) is 6.07 Å². The number of rotatable bonds is 2. The molecule has 0 saturated carbocycles. The van der Waals surface area contributed by atoms with Gasteiger partial charge < -0.3 is 9.47 Å². The number of thiazole rings is 1. The van der Waals surface area contributed by atoms with Crippen LogP contribution in [0, 0.1) is 0 Å². The normalized spacial score (nSPS) is 18.6. The van der Waals surface area contributed by atoms with E-state index in [1.165, 1.54) is 11.3 Å². The van der Waals surface area contributed by atoms with Gasteiger partial charge in [0, 0.05) is 18.9 Å². The molecule has 6 heteroatoms. The van der Waals surface area contributed by atoms with Crippen molar-refractivity contribution >= 4 is 33.3 Å². The van der Waals surface area contributed by atoms with Gasteiger partial charge in [0.05, 0.1) is 17.9 Å². The Kier molecular flexibility index (Phi) is 2.36. The lowest BCUT2D eigenvalue weighted by Crippen LogP contribution is -2.48. The third kappa shape index (κ3) is 1.43. The minimum Gasteiger partial charge on any atom is -0.375 e. The van der Waals surface area contributed by atoms with Crippen molar-refractivity contribution in [3.63, 3.8) is 0 Å². The van der Waals surface area contributed by atoms with Crippen LogP contribution in [0.4, 0.5) is 0 Å². The predicted molar refractivity (Wildman–Crippen MR) is 61.9 cm³/mol. The summed E-state index contributed by atoms with van der Waals surface area (Å²) in [5, 5.41) is 0. The first kappa shape index (κ1) is 10.4. The summed E-state index contributed by atoms with van der Waals surface area (Å²) in [5.74, 6) is 0.